The third-order valence-electron chi connectivity index (χ3n) is 3.27. The summed E-state index contributed by atoms with van der Waals surface area (Å²) in [6.07, 6.45) is 1.67. The molecule has 2 amide bonds. The van der Waals surface area contributed by atoms with Crippen LogP contribution in [0.2, 0.25) is 0 Å². The predicted molar refractivity (Wildman–Crippen MR) is 76.7 cm³/mol. The number of piperidine rings is 1. The number of hydrogen-bond donors (Lipinski definition) is 2. The summed E-state index contributed by atoms with van der Waals surface area (Å²) in [4.78, 5) is 12.7. The highest BCUT2D eigenvalue weighted by Gasteiger charge is 2.21. The Morgan fingerprint density at radius 2 is 2.16 bits per heavy atom. The number of nitrogens with two attached hydrogens (primary N) is 1. The number of amides is 2. The van der Waals surface area contributed by atoms with Crippen LogP contribution < -0.4 is 11.1 Å². The second kappa shape index (κ2) is 5.93. The number of carbonyl (C=O) groups excluding carboxylic acids is 1. The molecule has 1 aromatic rings. The van der Waals surface area contributed by atoms with E-state index in [2.05, 4.69) is 27.3 Å². The quantitative estimate of drug-likeness (QED) is 0.876. The number of urea groups is 1. The Morgan fingerprint density at radius 1 is 1.47 bits per heavy atom. The molecule has 19 heavy (non-hydrogen) atoms. The van der Waals surface area contributed by atoms with Gasteiger partial charge in [-0.05, 0) is 31.0 Å². The van der Waals surface area contributed by atoms with Crippen LogP contribution in [0.15, 0.2) is 22.7 Å². The molecule has 5 nitrogen and oxygen atoms in total. The molecule has 0 aliphatic carbocycles. The number of halogens is 1. The maximum absolute atomic E-state index is 11.0. The van der Waals surface area contributed by atoms with Crippen molar-refractivity contribution in [2.75, 3.05) is 18.4 Å². The van der Waals surface area contributed by atoms with Gasteiger partial charge in [0.15, 0.2) is 0 Å². The number of primary amides is 1. The van der Waals surface area contributed by atoms with Crippen molar-refractivity contribution in [2.45, 2.75) is 18.9 Å². The lowest BCUT2D eigenvalue weighted by atomic mass is 10.0. The van der Waals surface area contributed by atoms with E-state index in [0.29, 0.717) is 18.7 Å². The molecule has 0 atom stereocenters. The lowest BCUT2D eigenvalue weighted by Gasteiger charge is -2.31. The van der Waals surface area contributed by atoms with Gasteiger partial charge in [0.2, 0.25) is 0 Å². The van der Waals surface area contributed by atoms with Crippen LogP contribution in [-0.4, -0.2) is 30.1 Å². The van der Waals surface area contributed by atoms with Gasteiger partial charge in [-0.1, -0.05) is 15.9 Å². The molecular weight excluding hydrogens is 308 g/mol. The lowest BCUT2D eigenvalue weighted by molar-refractivity contribution is 0.193. The second-order valence-electron chi connectivity index (χ2n) is 4.55. The van der Waals surface area contributed by atoms with Crippen molar-refractivity contribution in [2.24, 2.45) is 5.73 Å². The number of hydrogen-bond acceptors (Lipinski definition) is 3. The van der Waals surface area contributed by atoms with E-state index in [1.165, 1.54) is 0 Å². The van der Waals surface area contributed by atoms with E-state index >= 15 is 0 Å². The van der Waals surface area contributed by atoms with Crippen LogP contribution in [0.5, 0.6) is 0 Å². The normalized spacial score (nSPS) is 15.9. The third kappa shape index (κ3) is 3.38. The monoisotopic (exact) mass is 322 g/mol. The number of nitrogens with zero attached hydrogens (tertiary/aromatic N) is 2. The van der Waals surface area contributed by atoms with Gasteiger partial charge in [-0.3, -0.25) is 0 Å². The predicted octanol–water partition coefficient (Wildman–Crippen LogP) is 2.28. The van der Waals surface area contributed by atoms with Crippen LogP contribution in [0.25, 0.3) is 0 Å². The van der Waals surface area contributed by atoms with Crippen molar-refractivity contribution < 1.29 is 4.79 Å². The first-order valence-electron chi connectivity index (χ1n) is 6.10. The Labute approximate surface area is 120 Å². The van der Waals surface area contributed by atoms with E-state index in [4.69, 9.17) is 11.0 Å². The summed E-state index contributed by atoms with van der Waals surface area (Å²) in [6.45, 7) is 1.32. The first kappa shape index (κ1) is 13.7. The van der Waals surface area contributed by atoms with Crippen molar-refractivity contribution in [1.29, 1.82) is 5.26 Å². The Balaban J connectivity index is 2.00. The molecule has 1 fully saturated rings. The van der Waals surface area contributed by atoms with Gasteiger partial charge < -0.3 is 16.0 Å². The van der Waals surface area contributed by atoms with Gasteiger partial charge in [0.1, 0.15) is 6.07 Å². The van der Waals surface area contributed by atoms with Crippen molar-refractivity contribution in [3.8, 4) is 6.07 Å². The SMILES string of the molecule is N#Cc1cc(Br)ccc1NC1CCN(C(N)=O)CC1. The van der Waals surface area contributed by atoms with Gasteiger partial charge in [-0.15, -0.1) is 0 Å². The number of anilines is 1. The van der Waals surface area contributed by atoms with E-state index in [1.54, 1.807) is 11.0 Å². The van der Waals surface area contributed by atoms with E-state index < -0.39 is 0 Å². The van der Waals surface area contributed by atoms with Crippen LogP contribution in [0.4, 0.5) is 10.5 Å². The fourth-order valence-electron chi connectivity index (χ4n) is 2.20. The average molecular weight is 323 g/mol. The minimum Gasteiger partial charge on any atom is -0.381 e. The molecule has 0 spiro atoms. The highest BCUT2D eigenvalue weighted by molar-refractivity contribution is 9.10. The van der Waals surface area contributed by atoms with Crippen molar-refractivity contribution in [1.82, 2.24) is 4.90 Å². The number of benzene rings is 1. The zero-order valence-corrected chi connectivity index (χ0v) is 12.0. The Hall–Kier alpha value is -1.74. The van der Waals surface area contributed by atoms with Crippen molar-refractivity contribution in [3.05, 3.63) is 28.2 Å². The molecule has 3 N–H and O–H groups in total. The molecule has 0 bridgehead atoms. The minimum atomic E-state index is -0.361. The van der Waals surface area contributed by atoms with Crippen LogP contribution in [0.3, 0.4) is 0 Å². The van der Waals surface area contributed by atoms with Gasteiger partial charge in [0.05, 0.1) is 11.3 Å². The first-order chi connectivity index (χ1) is 9.10. The fourth-order valence-corrected chi connectivity index (χ4v) is 2.56. The van der Waals surface area contributed by atoms with Gasteiger partial charge in [0.25, 0.3) is 0 Å². The Morgan fingerprint density at radius 3 is 2.74 bits per heavy atom. The molecule has 1 aromatic carbocycles. The molecule has 0 unspecified atom stereocenters. The average Bonchev–Trinajstić information content (AvgIpc) is 2.41. The minimum absolute atomic E-state index is 0.267. The van der Waals surface area contributed by atoms with Gasteiger partial charge in [0, 0.05) is 23.6 Å². The van der Waals surface area contributed by atoms with Crippen LogP contribution >= 0.6 is 15.9 Å². The van der Waals surface area contributed by atoms with E-state index in [0.717, 1.165) is 23.0 Å². The van der Waals surface area contributed by atoms with Crippen molar-refractivity contribution >= 4 is 27.6 Å². The summed E-state index contributed by atoms with van der Waals surface area (Å²) in [7, 11) is 0. The zero-order chi connectivity index (χ0) is 13.8. The highest BCUT2D eigenvalue weighted by atomic mass is 79.9. The molecule has 1 aliphatic rings. The number of nitrogens with one attached hydrogen (secondary N) is 1. The second-order valence-corrected chi connectivity index (χ2v) is 5.46. The number of rotatable bonds is 2. The van der Waals surface area contributed by atoms with Crippen LogP contribution in [-0.2, 0) is 0 Å². The largest absolute Gasteiger partial charge is 0.381 e. The Bertz CT molecular complexity index is 518. The highest BCUT2D eigenvalue weighted by Crippen LogP contribution is 2.23. The zero-order valence-electron chi connectivity index (χ0n) is 10.4. The van der Waals surface area contributed by atoms with Gasteiger partial charge >= 0.3 is 6.03 Å². The van der Waals surface area contributed by atoms with Gasteiger partial charge in [-0.25, -0.2) is 4.79 Å². The topological polar surface area (TPSA) is 82.2 Å². The molecule has 0 radical (unpaired) electrons. The standard InChI is InChI=1S/C13H15BrN4O/c14-10-1-2-12(9(7-10)8-15)17-11-3-5-18(6-4-11)13(16)19/h1-2,7,11,17H,3-6H2,(H2,16,19). The van der Waals surface area contributed by atoms with E-state index in [9.17, 15) is 4.79 Å². The molecule has 0 saturated carbocycles. The fraction of sp³-hybridized carbons (Fsp3) is 0.385. The third-order valence-corrected chi connectivity index (χ3v) is 3.76. The van der Waals surface area contributed by atoms with Gasteiger partial charge in [-0.2, -0.15) is 5.26 Å². The number of likely N-dealkylation sites (tertiary alicyclic amines) is 1. The number of carbonyl (C=O) groups is 1. The first-order valence-corrected chi connectivity index (χ1v) is 6.90. The molecule has 2 rings (SSSR count). The summed E-state index contributed by atoms with van der Waals surface area (Å²) in [5, 5.41) is 12.5. The molecular formula is C13H15BrN4O. The lowest BCUT2D eigenvalue weighted by Crippen LogP contribution is -2.44. The maximum Gasteiger partial charge on any atom is 0.314 e. The summed E-state index contributed by atoms with van der Waals surface area (Å²) in [5.74, 6) is 0. The molecule has 1 saturated heterocycles. The summed E-state index contributed by atoms with van der Waals surface area (Å²) in [6, 6.07) is 7.67. The van der Waals surface area contributed by atoms with Crippen LogP contribution in [0.1, 0.15) is 18.4 Å². The smallest absolute Gasteiger partial charge is 0.314 e. The van der Waals surface area contributed by atoms with E-state index in [-0.39, 0.29) is 12.1 Å². The summed E-state index contributed by atoms with van der Waals surface area (Å²) < 4.78 is 0.887. The number of nitriles is 1. The molecule has 0 aromatic heterocycles. The van der Waals surface area contributed by atoms with Crippen molar-refractivity contribution in [3.63, 3.8) is 0 Å². The maximum atomic E-state index is 11.0. The Kier molecular flexibility index (Phi) is 4.27. The summed E-state index contributed by atoms with van der Waals surface area (Å²) >= 11 is 3.35. The molecule has 1 aliphatic heterocycles. The molecule has 100 valence electrons. The molecule has 1 heterocycles. The van der Waals surface area contributed by atoms with E-state index in [1.807, 2.05) is 12.1 Å². The molecule has 6 heteroatoms. The summed E-state index contributed by atoms with van der Waals surface area (Å²) in [5.41, 5.74) is 6.70. The van der Waals surface area contributed by atoms with Crippen LogP contribution in [0, 0.1) is 11.3 Å².